The van der Waals surface area contributed by atoms with Crippen LogP contribution in [0.1, 0.15) is 45.5 Å². The second-order valence-electron chi connectivity index (χ2n) is 10.9. The maximum absolute atomic E-state index is 13.8. The Bertz CT molecular complexity index is 1630. The molecule has 3 aromatic rings. The topological polar surface area (TPSA) is 136 Å². The molecule has 2 aliphatic rings. The number of primary sulfonamides is 1. The molecule has 2 saturated heterocycles. The maximum Gasteiger partial charge on any atom is 0.254 e. The quantitative estimate of drug-likeness (QED) is 0.450. The van der Waals surface area contributed by atoms with Crippen LogP contribution in [0.15, 0.2) is 41.4 Å². The Kier molecular flexibility index (Phi) is 8.26. The predicted octanol–water partition coefficient (Wildman–Crippen LogP) is 3.17. The monoisotopic (exact) mass is 585 g/mol. The average molecular weight is 586 g/mol. The highest BCUT2D eigenvalue weighted by atomic mass is 32.2. The van der Waals surface area contributed by atoms with Gasteiger partial charge in [0.1, 0.15) is 22.3 Å². The van der Waals surface area contributed by atoms with Crippen molar-refractivity contribution in [3.05, 3.63) is 76.5 Å². The Balaban J connectivity index is 1.28. The maximum atomic E-state index is 13.8. The third-order valence-electron chi connectivity index (χ3n) is 8.18. The zero-order valence-corrected chi connectivity index (χ0v) is 25.0. The first-order valence-electron chi connectivity index (χ1n) is 14.0. The van der Waals surface area contributed by atoms with E-state index in [-0.39, 0.29) is 16.8 Å². The summed E-state index contributed by atoms with van der Waals surface area (Å²) in [5, 5.41) is 18.6. The lowest BCUT2D eigenvalue weighted by atomic mass is 9.94. The third-order valence-corrected chi connectivity index (χ3v) is 9.11. The fourth-order valence-electron chi connectivity index (χ4n) is 6.06. The molecule has 0 bridgehead atoms. The second-order valence-corrected chi connectivity index (χ2v) is 12.4. The van der Waals surface area contributed by atoms with Gasteiger partial charge in [-0.1, -0.05) is 12.1 Å². The molecule has 0 spiro atoms. The predicted molar refractivity (Wildman–Crippen MR) is 162 cm³/mol. The number of sulfonamides is 1. The Morgan fingerprint density at radius 2 is 1.79 bits per heavy atom. The van der Waals surface area contributed by atoms with E-state index < -0.39 is 10.0 Å². The summed E-state index contributed by atoms with van der Waals surface area (Å²) in [4.78, 5) is 24.0. The van der Waals surface area contributed by atoms with Gasteiger partial charge in [0, 0.05) is 62.8 Å². The minimum absolute atomic E-state index is 0.0114. The summed E-state index contributed by atoms with van der Waals surface area (Å²) in [5.41, 5.74) is 6.07. The molecule has 2 aromatic carbocycles. The van der Waals surface area contributed by atoms with Crippen molar-refractivity contribution in [1.29, 1.82) is 5.26 Å². The van der Waals surface area contributed by atoms with Crippen LogP contribution in [0.5, 0.6) is 0 Å². The highest BCUT2D eigenvalue weighted by Crippen LogP contribution is 2.31. The summed E-state index contributed by atoms with van der Waals surface area (Å²) < 4.78 is 24.1. The number of pyridine rings is 1. The number of nitrogens with one attached hydrogen (secondary N) is 1. The fraction of sp³-hybridized carbons (Fsp3) is 0.387. The molecule has 1 amide bonds. The van der Waals surface area contributed by atoms with Crippen LogP contribution in [0.2, 0.25) is 0 Å². The van der Waals surface area contributed by atoms with E-state index in [0.29, 0.717) is 43.1 Å². The standard InChI is InChI=1S/C31H35N7O3S/c1-21-19-22(2)29(35-25-10-13-36(14-11-25)26-8-5-4-7-24(26)20-32)23(3)28(21)31(39)38-17-15-37(16-18-38)30-27(42(33,40)41)9-6-12-34-30/h5-6,8-9,12,19,25,35H,10-11,13-18H2,1-3H3,(H2,33,40,41). The molecule has 2 aliphatic heterocycles. The number of nitriles is 1. The summed E-state index contributed by atoms with van der Waals surface area (Å²) >= 11 is 0. The molecule has 10 nitrogen and oxygen atoms in total. The lowest BCUT2D eigenvalue weighted by molar-refractivity contribution is 0.0745. The largest absolute Gasteiger partial charge is 0.382 e. The molecule has 0 radical (unpaired) electrons. The summed E-state index contributed by atoms with van der Waals surface area (Å²) in [7, 11) is -3.92. The molecule has 1 aromatic heterocycles. The van der Waals surface area contributed by atoms with E-state index in [9.17, 15) is 18.5 Å². The van der Waals surface area contributed by atoms with Crippen LogP contribution in [-0.4, -0.2) is 69.5 Å². The molecule has 11 heteroatoms. The Morgan fingerprint density at radius 3 is 2.45 bits per heavy atom. The molecule has 3 heterocycles. The van der Waals surface area contributed by atoms with Gasteiger partial charge >= 0.3 is 0 Å². The van der Waals surface area contributed by atoms with Gasteiger partial charge in [0.25, 0.3) is 5.91 Å². The van der Waals surface area contributed by atoms with Gasteiger partial charge in [-0.15, -0.1) is 0 Å². The van der Waals surface area contributed by atoms with Crippen molar-refractivity contribution in [1.82, 2.24) is 9.88 Å². The van der Waals surface area contributed by atoms with Gasteiger partial charge in [0.15, 0.2) is 0 Å². The summed E-state index contributed by atoms with van der Waals surface area (Å²) in [5.74, 6) is 0.288. The molecule has 2 fully saturated rings. The van der Waals surface area contributed by atoms with Gasteiger partial charge in [0.05, 0.1) is 5.69 Å². The number of carbonyl (C=O) groups excluding carboxylic acids is 1. The number of nitrogens with zero attached hydrogens (tertiary/aromatic N) is 5. The van der Waals surface area contributed by atoms with Crippen molar-refractivity contribution in [2.24, 2.45) is 5.14 Å². The van der Waals surface area contributed by atoms with Crippen molar-refractivity contribution in [3.8, 4) is 6.07 Å². The minimum atomic E-state index is -3.92. The first kappa shape index (κ1) is 29.2. The average Bonchev–Trinajstić information content (AvgIpc) is 2.99. The highest BCUT2D eigenvalue weighted by molar-refractivity contribution is 7.89. The van der Waals surface area contributed by atoms with E-state index in [1.165, 1.54) is 6.07 Å². The number of amides is 1. The number of hydrogen-bond donors (Lipinski definition) is 2. The zero-order valence-electron chi connectivity index (χ0n) is 24.1. The van der Waals surface area contributed by atoms with E-state index in [2.05, 4.69) is 46.4 Å². The Labute approximate surface area is 247 Å². The number of aryl methyl sites for hydroxylation is 2. The number of piperidine rings is 1. The van der Waals surface area contributed by atoms with Gasteiger partial charge in [0.2, 0.25) is 10.0 Å². The van der Waals surface area contributed by atoms with Crippen LogP contribution >= 0.6 is 0 Å². The number of rotatable bonds is 6. The highest BCUT2D eigenvalue weighted by Gasteiger charge is 2.29. The molecular formula is C31H35N7O3S. The van der Waals surface area contributed by atoms with Crippen LogP contribution in [0.3, 0.4) is 0 Å². The van der Waals surface area contributed by atoms with Crippen LogP contribution in [0.25, 0.3) is 0 Å². The van der Waals surface area contributed by atoms with Crippen LogP contribution < -0.4 is 20.3 Å². The van der Waals surface area contributed by atoms with E-state index in [1.54, 1.807) is 18.3 Å². The molecule has 3 N–H and O–H groups in total. The number of aromatic nitrogens is 1. The summed E-state index contributed by atoms with van der Waals surface area (Å²) in [6, 6.07) is 17.0. The minimum Gasteiger partial charge on any atom is -0.382 e. The van der Waals surface area contributed by atoms with Crippen LogP contribution in [0.4, 0.5) is 17.2 Å². The summed E-state index contributed by atoms with van der Waals surface area (Å²) in [6.07, 6.45) is 3.34. The lowest BCUT2D eigenvalue weighted by Crippen LogP contribution is -2.49. The fourth-order valence-corrected chi connectivity index (χ4v) is 6.76. The van der Waals surface area contributed by atoms with Crippen molar-refractivity contribution >= 4 is 33.1 Å². The molecular weight excluding hydrogens is 550 g/mol. The van der Waals surface area contributed by atoms with Crippen LogP contribution in [0, 0.1) is 44.2 Å². The van der Waals surface area contributed by atoms with Gasteiger partial charge in [-0.3, -0.25) is 4.79 Å². The first-order valence-corrected chi connectivity index (χ1v) is 15.6. The molecule has 42 heavy (non-hydrogen) atoms. The van der Waals surface area contributed by atoms with Crippen molar-refractivity contribution in [2.45, 2.75) is 44.6 Å². The molecule has 5 rings (SSSR count). The first-order chi connectivity index (χ1) is 20.1. The number of hydrogen-bond acceptors (Lipinski definition) is 8. The van der Waals surface area contributed by atoms with Crippen molar-refractivity contribution in [2.75, 3.05) is 54.4 Å². The van der Waals surface area contributed by atoms with Gasteiger partial charge in [-0.2, -0.15) is 5.26 Å². The normalized spacial score (nSPS) is 16.1. The Morgan fingerprint density at radius 1 is 1.07 bits per heavy atom. The molecule has 0 saturated carbocycles. The van der Waals surface area contributed by atoms with E-state index in [4.69, 9.17) is 5.14 Å². The number of carbonyl (C=O) groups is 1. The third kappa shape index (κ3) is 5.85. The van der Waals surface area contributed by atoms with Crippen molar-refractivity contribution in [3.63, 3.8) is 0 Å². The second kappa shape index (κ2) is 11.9. The van der Waals surface area contributed by atoms with E-state index in [1.807, 2.05) is 29.7 Å². The number of benzene rings is 1. The molecule has 218 valence electrons. The summed E-state index contributed by atoms with van der Waals surface area (Å²) in [6.45, 7) is 9.44. The van der Waals surface area contributed by atoms with Gasteiger partial charge in [-0.25, -0.2) is 18.5 Å². The zero-order chi connectivity index (χ0) is 30.0. The lowest BCUT2D eigenvalue weighted by Gasteiger charge is -2.37. The number of anilines is 3. The number of piperazine rings is 1. The molecule has 0 aliphatic carbocycles. The van der Waals surface area contributed by atoms with Gasteiger partial charge in [-0.05, 0) is 80.6 Å². The van der Waals surface area contributed by atoms with E-state index in [0.717, 1.165) is 54.0 Å². The Hall–Kier alpha value is -4.32. The SMILES string of the molecule is Cc1cc(C)c(C(=O)N2CCN(c3ncccc3S(N)(=O)=O)CC2)c(C)c1NC1CCN(c2ccc#cc2C#N)CC1. The van der Waals surface area contributed by atoms with Gasteiger partial charge < -0.3 is 20.0 Å². The smallest absolute Gasteiger partial charge is 0.254 e. The van der Waals surface area contributed by atoms with E-state index >= 15 is 0 Å². The molecule has 0 unspecified atom stereocenters. The number of nitrogens with two attached hydrogens (primary N) is 1. The van der Waals surface area contributed by atoms with Crippen molar-refractivity contribution < 1.29 is 13.2 Å². The molecule has 0 atom stereocenters. The van der Waals surface area contributed by atoms with Crippen LogP contribution in [-0.2, 0) is 10.0 Å².